The summed E-state index contributed by atoms with van der Waals surface area (Å²) < 4.78 is 31.2. The summed E-state index contributed by atoms with van der Waals surface area (Å²) in [6, 6.07) is 9.12. The summed E-state index contributed by atoms with van der Waals surface area (Å²) >= 11 is 0. The lowest BCUT2D eigenvalue weighted by Crippen LogP contribution is -2.51. The van der Waals surface area contributed by atoms with Crippen LogP contribution in [0.2, 0.25) is 0 Å². The van der Waals surface area contributed by atoms with E-state index in [-0.39, 0.29) is 6.04 Å². The molecule has 3 aromatic heterocycles. The molecule has 4 heterocycles. The van der Waals surface area contributed by atoms with Gasteiger partial charge in [-0.3, -0.25) is 14.0 Å². The third-order valence-corrected chi connectivity index (χ3v) is 8.87. The number of benzene rings is 1. The van der Waals surface area contributed by atoms with E-state index in [1.807, 2.05) is 50.6 Å². The number of fused-ring (bicyclic) bond motifs is 1. The van der Waals surface area contributed by atoms with Crippen molar-refractivity contribution >= 4 is 47.8 Å². The van der Waals surface area contributed by atoms with Gasteiger partial charge in [0.2, 0.25) is 5.95 Å². The Morgan fingerprint density at radius 3 is 2.55 bits per heavy atom. The summed E-state index contributed by atoms with van der Waals surface area (Å²) in [7, 11) is -3.32. The minimum atomic E-state index is -3.32. The highest BCUT2D eigenvalue weighted by Crippen LogP contribution is 2.53. The number of aromatic amines is 1. The van der Waals surface area contributed by atoms with Gasteiger partial charge in [-0.25, -0.2) is 24.0 Å². The molecule has 13 nitrogen and oxygen atoms in total. The number of pyridine rings is 1. The van der Waals surface area contributed by atoms with Crippen LogP contribution >= 0.6 is 7.75 Å². The zero-order valence-corrected chi connectivity index (χ0v) is 23.8. The highest BCUT2D eigenvalue weighted by Gasteiger charge is 2.39. The Morgan fingerprint density at radius 2 is 1.85 bits per heavy atom. The van der Waals surface area contributed by atoms with Crippen molar-refractivity contribution in [3.05, 3.63) is 58.8 Å². The van der Waals surface area contributed by atoms with Crippen LogP contribution in [0, 0.1) is 6.92 Å². The number of nitrogens with zero attached hydrogens (tertiary/aromatic N) is 5. The molecule has 14 heteroatoms. The molecule has 5 rings (SSSR count). The van der Waals surface area contributed by atoms with E-state index < -0.39 is 13.5 Å². The van der Waals surface area contributed by atoms with Crippen LogP contribution in [0.1, 0.15) is 26.3 Å². The zero-order chi connectivity index (χ0) is 28.3. The molecule has 0 spiro atoms. The molecule has 1 atom stereocenters. The quantitative estimate of drug-likeness (QED) is 0.226. The largest absolute Gasteiger partial charge is 0.417 e. The van der Waals surface area contributed by atoms with Gasteiger partial charge in [-0.2, -0.15) is 4.98 Å². The molecule has 0 radical (unpaired) electrons. The van der Waals surface area contributed by atoms with E-state index in [2.05, 4.69) is 35.5 Å². The van der Waals surface area contributed by atoms with Gasteiger partial charge in [0.05, 0.1) is 30.6 Å². The molecule has 0 amide bonds. The van der Waals surface area contributed by atoms with Gasteiger partial charge in [-0.1, -0.05) is 0 Å². The third kappa shape index (κ3) is 6.02. The molecule has 40 heavy (non-hydrogen) atoms. The molecule has 0 bridgehead atoms. The molecule has 0 unspecified atom stereocenters. The Bertz CT molecular complexity index is 1560. The summed E-state index contributed by atoms with van der Waals surface area (Å²) in [6.07, 6.45) is 3.46. The second-order valence-electron chi connectivity index (χ2n) is 9.37. The monoisotopic (exact) mass is 568 g/mol. The van der Waals surface area contributed by atoms with Crippen molar-refractivity contribution in [3.63, 3.8) is 0 Å². The Hall–Kier alpha value is -3.77. The maximum atomic E-state index is 13.2. The van der Waals surface area contributed by atoms with Gasteiger partial charge >= 0.3 is 13.5 Å². The lowest BCUT2D eigenvalue weighted by Gasteiger charge is -2.42. The Kier molecular flexibility index (Phi) is 8.17. The van der Waals surface area contributed by atoms with Crippen molar-refractivity contribution in [2.24, 2.45) is 0 Å². The van der Waals surface area contributed by atoms with Crippen LogP contribution in [0.25, 0.3) is 11.1 Å². The lowest BCUT2D eigenvalue weighted by molar-refractivity contribution is 0.145. The average molecular weight is 569 g/mol. The molecule has 212 valence electrons. The number of hydrogen-bond donors (Lipinski definition) is 3. The van der Waals surface area contributed by atoms with Gasteiger partial charge in [0, 0.05) is 43.1 Å². The van der Waals surface area contributed by atoms with Crippen LogP contribution in [0.15, 0.2) is 51.9 Å². The summed E-state index contributed by atoms with van der Waals surface area (Å²) in [5.74, 6) is 1.35. The fourth-order valence-electron chi connectivity index (χ4n) is 4.60. The van der Waals surface area contributed by atoms with Gasteiger partial charge in [0.1, 0.15) is 11.6 Å². The first-order chi connectivity index (χ1) is 19.3. The molecule has 1 aromatic carbocycles. The molecule has 3 N–H and O–H groups in total. The van der Waals surface area contributed by atoms with Gasteiger partial charge in [-0.15, -0.1) is 0 Å². The van der Waals surface area contributed by atoms with E-state index in [0.29, 0.717) is 55.7 Å². The van der Waals surface area contributed by atoms with Gasteiger partial charge in [-0.05, 0) is 58.0 Å². The molecule has 1 aliphatic heterocycles. The number of nitrogens with one attached hydrogen (secondary N) is 3. The minimum absolute atomic E-state index is 0.0429. The van der Waals surface area contributed by atoms with Gasteiger partial charge in [0.15, 0.2) is 5.58 Å². The fraction of sp³-hybridized carbons (Fsp3) is 0.385. The van der Waals surface area contributed by atoms with Crippen molar-refractivity contribution in [1.82, 2.24) is 24.6 Å². The second kappa shape index (κ2) is 11.8. The maximum absolute atomic E-state index is 13.2. The number of rotatable bonds is 10. The number of hydrogen-bond acceptors (Lipinski definition) is 11. The number of H-pyrrole nitrogens is 1. The van der Waals surface area contributed by atoms with E-state index in [1.54, 1.807) is 24.5 Å². The molecular formula is C26H33N8O5P. The number of anilines is 5. The highest BCUT2D eigenvalue weighted by molar-refractivity contribution is 7.51. The topological polar surface area (TPSA) is 151 Å². The summed E-state index contributed by atoms with van der Waals surface area (Å²) in [6.45, 7) is 10.0. The molecule has 0 saturated carbocycles. The summed E-state index contributed by atoms with van der Waals surface area (Å²) in [4.78, 5) is 29.9. The molecule has 1 fully saturated rings. The molecule has 0 aliphatic carbocycles. The minimum Gasteiger partial charge on any atom is -0.408 e. The van der Waals surface area contributed by atoms with E-state index >= 15 is 0 Å². The molecular weight excluding hydrogens is 535 g/mol. The van der Waals surface area contributed by atoms with Gasteiger partial charge < -0.3 is 20.0 Å². The SMILES string of the molecule is CCOP(=O)(OCC)N1CCN(c2ccc(Nc3ncc(C)c(Nc4ccc5oc(=O)[nH]c5c4)n3)cn2)C[C@H]1C. The Labute approximate surface area is 231 Å². The van der Waals surface area contributed by atoms with Crippen molar-refractivity contribution in [2.75, 3.05) is 48.4 Å². The number of oxazole rings is 1. The molecule has 1 aliphatic rings. The standard InChI is InChI=1S/C26H33N8O5P/c1-5-37-40(36,38-6-2)34-12-11-33(16-18(34)4)23-10-8-20(15-27-23)30-25-28-14-17(3)24(32-25)29-19-7-9-22-21(13-19)31-26(35)39-22/h7-10,13-15,18H,5-6,11-12,16H2,1-4H3,(H,31,35)(H2,28,29,30,32)/t18-/m1/s1. The van der Waals surface area contributed by atoms with E-state index in [4.69, 9.17) is 13.5 Å². The van der Waals surface area contributed by atoms with Crippen LogP contribution in [0.3, 0.4) is 0 Å². The first kappa shape index (κ1) is 27.8. The Morgan fingerprint density at radius 1 is 1.07 bits per heavy atom. The second-order valence-corrected chi connectivity index (χ2v) is 11.3. The highest BCUT2D eigenvalue weighted by atomic mass is 31.2. The van der Waals surface area contributed by atoms with Gasteiger partial charge in [0.25, 0.3) is 0 Å². The van der Waals surface area contributed by atoms with E-state index in [0.717, 1.165) is 22.8 Å². The summed E-state index contributed by atoms with van der Waals surface area (Å²) in [5, 5.41) is 6.47. The first-order valence-electron chi connectivity index (χ1n) is 13.2. The fourth-order valence-corrected chi connectivity index (χ4v) is 6.52. The zero-order valence-electron chi connectivity index (χ0n) is 22.9. The summed E-state index contributed by atoms with van der Waals surface area (Å²) in [5.41, 5.74) is 3.42. The number of piperazine rings is 1. The van der Waals surface area contributed by atoms with E-state index in [1.165, 1.54) is 0 Å². The number of aromatic nitrogens is 4. The third-order valence-electron chi connectivity index (χ3n) is 6.47. The van der Waals surface area contributed by atoms with E-state index in [9.17, 15) is 9.36 Å². The normalized spacial score (nSPS) is 16.4. The van der Waals surface area contributed by atoms with Crippen LogP contribution in [-0.2, 0) is 13.6 Å². The molecule has 1 saturated heterocycles. The predicted octanol–water partition coefficient (Wildman–Crippen LogP) is 4.79. The molecule has 4 aromatic rings. The van der Waals surface area contributed by atoms with Crippen LogP contribution in [0.5, 0.6) is 0 Å². The van der Waals surface area contributed by atoms with Crippen LogP contribution in [-0.4, -0.2) is 63.5 Å². The smallest absolute Gasteiger partial charge is 0.408 e. The predicted molar refractivity (Wildman–Crippen MR) is 154 cm³/mol. The van der Waals surface area contributed by atoms with Crippen LogP contribution in [0.4, 0.5) is 29.0 Å². The average Bonchev–Trinajstić information content (AvgIpc) is 3.30. The first-order valence-corrected chi connectivity index (χ1v) is 14.7. The van der Waals surface area contributed by atoms with Crippen molar-refractivity contribution < 1.29 is 18.0 Å². The van der Waals surface area contributed by atoms with Crippen molar-refractivity contribution in [1.29, 1.82) is 0 Å². The maximum Gasteiger partial charge on any atom is 0.417 e. The number of aryl methyl sites for hydroxylation is 1. The van der Waals surface area contributed by atoms with Crippen LogP contribution < -0.4 is 21.3 Å². The Balaban J connectivity index is 1.24. The van der Waals surface area contributed by atoms with Crippen molar-refractivity contribution in [3.8, 4) is 0 Å². The van der Waals surface area contributed by atoms with Crippen molar-refractivity contribution in [2.45, 2.75) is 33.7 Å². The lowest BCUT2D eigenvalue weighted by atomic mass is 10.2.